The van der Waals surface area contributed by atoms with Gasteiger partial charge in [0, 0.05) is 50.0 Å². The van der Waals surface area contributed by atoms with Crippen LogP contribution in [0.15, 0.2) is 109 Å². The van der Waals surface area contributed by atoms with Crippen molar-refractivity contribution in [3.05, 3.63) is 115 Å². The Labute approximate surface area is 195 Å². The van der Waals surface area contributed by atoms with Gasteiger partial charge in [0.25, 0.3) is 0 Å². The monoisotopic (exact) mass is 439 g/mol. The predicted molar refractivity (Wildman–Crippen MR) is 142 cm³/mol. The summed E-state index contributed by atoms with van der Waals surface area (Å²) in [7, 11) is 0. The molecule has 0 saturated heterocycles. The molecule has 1 unspecified atom stereocenters. The van der Waals surface area contributed by atoms with Crippen LogP contribution < -0.4 is 9.48 Å². The standard InChI is InChI=1S/C30H19N2S/c1-2-9-19(10-3-1)31-23-13-5-6-14-24(23)32-25-18-17-21-20-11-4-7-16-27(20)33-30(21)28(25)22-12-8-15-26(31)29(22)32/h1-18,29H/q+1. The van der Waals surface area contributed by atoms with E-state index in [0.717, 1.165) is 0 Å². The van der Waals surface area contributed by atoms with Crippen LogP contribution >= 0.6 is 11.3 Å². The molecule has 3 aliphatic rings. The predicted octanol–water partition coefficient (Wildman–Crippen LogP) is 7.82. The van der Waals surface area contributed by atoms with Crippen molar-refractivity contribution in [2.24, 2.45) is 0 Å². The van der Waals surface area contributed by atoms with Crippen LogP contribution in [0, 0.1) is 0 Å². The molecule has 2 nitrogen and oxygen atoms in total. The number of anilines is 2. The third kappa shape index (κ3) is 2.20. The Hall–Kier alpha value is -3.95. The van der Waals surface area contributed by atoms with Gasteiger partial charge in [-0.05, 0) is 23.8 Å². The van der Waals surface area contributed by atoms with Crippen molar-refractivity contribution < 1.29 is 0 Å². The lowest BCUT2D eigenvalue weighted by atomic mass is 9.91. The molecule has 0 fully saturated rings. The normalized spacial score (nSPS) is 17.9. The second-order valence-corrected chi connectivity index (χ2v) is 9.82. The zero-order chi connectivity index (χ0) is 21.5. The molecule has 3 heteroatoms. The van der Waals surface area contributed by atoms with Crippen LogP contribution in [0.5, 0.6) is 0 Å². The van der Waals surface area contributed by atoms with E-state index >= 15 is 0 Å². The lowest BCUT2D eigenvalue weighted by Crippen LogP contribution is -2.43. The summed E-state index contributed by atoms with van der Waals surface area (Å²) in [5, 5.41) is 2.71. The van der Waals surface area contributed by atoms with Gasteiger partial charge in [-0.1, -0.05) is 66.7 Å². The molecular weight excluding hydrogens is 420 g/mol. The van der Waals surface area contributed by atoms with Crippen LogP contribution in [-0.2, 0) is 0 Å². The molecule has 0 radical (unpaired) electrons. The quantitative estimate of drug-likeness (QED) is 0.241. The fourth-order valence-corrected chi connectivity index (χ4v) is 7.07. The number of rotatable bonds is 1. The van der Waals surface area contributed by atoms with Crippen LogP contribution in [0.25, 0.3) is 25.7 Å². The smallest absolute Gasteiger partial charge is 0.235 e. The third-order valence-electron chi connectivity index (χ3n) is 7.10. The number of para-hydroxylation sites is 3. The molecule has 0 spiro atoms. The van der Waals surface area contributed by atoms with Gasteiger partial charge in [0.1, 0.15) is 11.7 Å². The molecule has 0 N–H and O–H groups in total. The van der Waals surface area contributed by atoms with E-state index in [4.69, 9.17) is 0 Å². The summed E-state index contributed by atoms with van der Waals surface area (Å²) in [5.41, 5.74) is 9.10. The van der Waals surface area contributed by atoms with Crippen LogP contribution in [0.4, 0.5) is 22.7 Å². The molecule has 1 aromatic heterocycles. The Morgan fingerprint density at radius 1 is 0.727 bits per heavy atom. The molecule has 0 saturated carbocycles. The molecule has 2 aliphatic heterocycles. The SMILES string of the molecule is C1=CC2=[N+](c3ccccc3)c3ccccc3N3c4ccc5c(sc6ccccc65)c4C(=C1)C23. The molecule has 0 amide bonds. The van der Waals surface area contributed by atoms with E-state index in [1.807, 2.05) is 11.3 Å². The van der Waals surface area contributed by atoms with Crippen LogP contribution in [0.1, 0.15) is 5.56 Å². The Kier molecular flexibility index (Phi) is 3.36. The van der Waals surface area contributed by atoms with Gasteiger partial charge in [0.05, 0.1) is 5.69 Å². The Morgan fingerprint density at radius 2 is 1.55 bits per heavy atom. The van der Waals surface area contributed by atoms with Crippen LogP contribution in [0.3, 0.4) is 0 Å². The third-order valence-corrected chi connectivity index (χ3v) is 8.31. The summed E-state index contributed by atoms with van der Waals surface area (Å²) < 4.78 is 5.19. The highest BCUT2D eigenvalue weighted by molar-refractivity contribution is 7.26. The van der Waals surface area contributed by atoms with Crippen LogP contribution in [-0.4, -0.2) is 11.8 Å². The summed E-state index contributed by atoms with van der Waals surface area (Å²) in [6.07, 6.45) is 6.84. The van der Waals surface area contributed by atoms with E-state index in [-0.39, 0.29) is 6.04 Å². The minimum Gasteiger partial charge on any atom is -0.318 e. The molecule has 0 bridgehead atoms. The van der Waals surface area contributed by atoms with Crippen molar-refractivity contribution in [2.45, 2.75) is 6.04 Å². The van der Waals surface area contributed by atoms with Gasteiger partial charge in [-0.25, -0.2) is 0 Å². The number of nitrogens with zero attached hydrogens (tertiary/aromatic N) is 2. The zero-order valence-corrected chi connectivity index (χ0v) is 18.6. The zero-order valence-electron chi connectivity index (χ0n) is 17.8. The number of hydrogen-bond donors (Lipinski definition) is 0. The summed E-state index contributed by atoms with van der Waals surface area (Å²) in [4.78, 5) is 2.55. The number of benzene rings is 4. The van der Waals surface area contributed by atoms with E-state index < -0.39 is 0 Å². The lowest BCUT2D eigenvalue weighted by molar-refractivity contribution is 0.931. The van der Waals surface area contributed by atoms with E-state index in [1.54, 1.807) is 0 Å². The fourth-order valence-electron chi connectivity index (χ4n) is 5.81. The number of fused-ring (bicyclic) bond motifs is 9. The molecule has 1 aliphatic carbocycles. The van der Waals surface area contributed by atoms with Gasteiger partial charge < -0.3 is 4.90 Å². The average Bonchev–Trinajstić information content (AvgIpc) is 3.42. The molecule has 8 rings (SSSR count). The minimum absolute atomic E-state index is 0.177. The second-order valence-electron chi connectivity index (χ2n) is 8.77. The summed E-state index contributed by atoms with van der Waals surface area (Å²) in [6, 6.07) is 33.2. The number of thiophene rings is 1. The maximum absolute atomic E-state index is 2.55. The highest BCUT2D eigenvalue weighted by atomic mass is 32.1. The Morgan fingerprint density at radius 3 is 2.48 bits per heavy atom. The van der Waals surface area contributed by atoms with Crippen molar-refractivity contribution in [3.8, 4) is 0 Å². The topological polar surface area (TPSA) is 6.25 Å². The average molecular weight is 440 g/mol. The summed E-state index contributed by atoms with van der Waals surface area (Å²) >= 11 is 1.92. The maximum Gasteiger partial charge on any atom is 0.235 e. The van der Waals surface area contributed by atoms with Crippen molar-refractivity contribution in [1.29, 1.82) is 0 Å². The highest BCUT2D eigenvalue weighted by Gasteiger charge is 2.48. The van der Waals surface area contributed by atoms with E-state index in [1.165, 1.54) is 59.8 Å². The molecule has 4 aromatic carbocycles. The van der Waals surface area contributed by atoms with Gasteiger partial charge >= 0.3 is 0 Å². The Balaban J connectivity index is 1.49. The van der Waals surface area contributed by atoms with Crippen molar-refractivity contribution >= 4 is 65.5 Å². The van der Waals surface area contributed by atoms with E-state index in [0.29, 0.717) is 0 Å². The molecule has 33 heavy (non-hydrogen) atoms. The maximum atomic E-state index is 2.55. The first-order valence-electron chi connectivity index (χ1n) is 11.3. The fraction of sp³-hybridized carbons (Fsp3) is 0.0333. The van der Waals surface area contributed by atoms with Gasteiger partial charge in [-0.2, -0.15) is 4.58 Å². The van der Waals surface area contributed by atoms with Gasteiger partial charge in [0.2, 0.25) is 17.1 Å². The van der Waals surface area contributed by atoms with E-state index in [2.05, 4.69) is 119 Å². The van der Waals surface area contributed by atoms with Gasteiger partial charge in [0.15, 0.2) is 0 Å². The number of hydrogen-bond acceptors (Lipinski definition) is 2. The molecule has 1 atom stereocenters. The van der Waals surface area contributed by atoms with Crippen molar-refractivity contribution in [2.75, 3.05) is 4.90 Å². The molecule has 154 valence electrons. The molecular formula is C30H19N2S+. The second kappa shape index (κ2) is 6.31. The molecule has 5 aromatic rings. The van der Waals surface area contributed by atoms with Crippen molar-refractivity contribution in [3.63, 3.8) is 0 Å². The first kappa shape index (κ1) is 17.6. The van der Waals surface area contributed by atoms with E-state index in [9.17, 15) is 0 Å². The largest absolute Gasteiger partial charge is 0.318 e. The summed E-state index contributed by atoms with van der Waals surface area (Å²) in [6.45, 7) is 0. The summed E-state index contributed by atoms with van der Waals surface area (Å²) in [5.74, 6) is 0. The highest BCUT2D eigenvalue weighted by Crippen LogP contribution is 2.55. The van der Waals surface area contributed by atoms with Gasteiger partial charge in [-0.15, -0.1) is 11.3 Å². The first-order chi connectivity index (χ1) is 16.4. The molecule has 3 heterocycles. The van der Waals surface area contributed by atoms with Crippen LogP contribution in [0.2, 0.25) is 0 Å². The number of allylic oxidation sites excluding steroid dienone is 2. The first-order valence-corrected chi connectivity index (χ1v) is 12.1. The lowest BCUT2D eigenvalue weighted by Gasteiger charge is -2.32. The Bertz CT molecular complexity index is 1720. The minimum atomic E-state index is 0.177. The van der Waals surface area contributed by atoms with Gasteiger partial charge in [-0.3, -0.25) is 0 Å². The van der Waals surface area contributed by atoms with Crippen molar-refractivity contribution in [1.82, 2.24) is 4.58 Å².